The van der Waals surface area contributed by atoms with Gasteiger partial charge in [-0.2, -0.15) is 0 Å². The summed E-state index contributed by atoms with van der Waals surface area (Å²) in [6, 6.07) is 15.1. The average molecular weight is 536 g/mol. The maximum absolute atomic E-state index is 14.4. The highest BCUT2D eigenvalue weighted by Gasteiger charge is 2.36. The van der Waals surface area contributed by atoms with Crippen LogP contribution in [0, 0.1) is 0 Å². The van der Waals surface area contributed by atoms with Crippen LogP contribution in [0.4, 0.5) is 4.79 Å². The summed E-state index contributed by atoms with van der Waals surface area (Å²) in [5, 5.41) is 5.80. The first-order valence-electron chi connectivity index (χ1n) is 13.8. The fourth-order valence-corrected chi connectivity index (χ4v) is 4.29. The number of rotatable bonds is 13. The zero-order chi connectivity index (χ0) is 29.0. The van der Waals surface area contributed by atoms with Crippen LogP contribution in [0.25, 0.3) is 6.08 Å². The molecule has 0 fully saturated rings. The molecule has 0 radical (unpaired) electrons. The van der Waals surface area contributed by atoms with Crippen molar-refractivity contribution in [2.75, 3.05) is 6.54 Å². The monoisotopic (exact) mass is 535 g/mol. The molecule has 2 N–H and O–H groups in total. The molecule has 0 spiro atoms. The van der Waals surface area contributed by atoms with Crippen molar-refractivity contribution in [1.29, 1.82) is 0 Å². The minimum atomic E-state index is -0.930. The quantitative estimate of drug-likeness (QED) is 0.306. The Bertz CT molecular complexity index is 1090. The van der Waals surface area contributed by atoms with Crippen LogP contribution >= 0.6 is 0 Å². The number of carbonyl (C=O) groups excluding carboxylic acids is 3. The Balaban J connectivity index is 2.57. The number of alkyl carbamates (subject to hydrolysis) is 1. The molecule has 3 amide bonds. The Labute approximate surface area is 234 Å². The number of carbonyl (C=O) groups is 3. The van der Waals surface area contributed by atoms with Crippen molar-refractivity contribution in [1.82, 2.24) is 15.5 Å². The van der Waals surface area contributed by atoms with E-state index in [4.69, 9.17) is 4.74 Å². The Kier molecular flexibility index (Phi) is 12.2. The SMILES string of the molecule is C=Cc1cccc(C(C(=O)NC(C)C)N(CCCCC)C(=O)C(Cc2ccccc2)NC(=O)OC(C)(C)C)c1. The molecule has 212 valence electrons. The number of benzene rings is 2. The molecular formula is C32H45N3O4. The largest absolute Gasteiger partial charge is 0.444 e. The van der Waals surface area contributed by atoms with Crippen LogP contribution in [0.15, 0.2) is 61.2 Å². The van der Waals surface area contributed by atoms with E-state index in [2.05, 4.69) is 24.1 Å². The van der Waals surface area contributed by atoms with Crippen LogP contribution in [0.3, 0.4) is 0 Å². The molecule has 0 bridgehead atoms. The summed E-state index contributed by atoms with van der Waals surface area (Å²) in [6.07, 6.45) is 3.88. The molecule has 0 aliphatic heterocycles. The first-order valence-corrected chi connectivity index (χ1v) is 13.8. The summed E-state index contributed by atoms with van der Waals surface area (Å²) in [6.45, 7) is 15.4. The van der Waals surface area contributed by atoms with Gasteiger partial charge in [0.05, 0.1) is 0 Å². The van der Waals surface area contributed by atoms with Crippen LogP contribution in [0.2, 0.25) is 0 Å². The van der Waals surface area contributed by atoms with Gasteiger partial charge < -0.3 is 20.3 Å². The van der Waals surface area contributed by atoms with Gasteiger partial charge in [-0.25, -0.2) is 4.79 Å². The zero-order valence-electron chi connectivity index (χ0n) is 24.3. The van der Waals surface area contributed by atoms with E-state index < -0.39 is 23.8 Å². The molecule has 0 heterocycles. The molecular weight excluding hydrogens is 490 g/mol. The molecule has 39 heavy (non-hydrogen) atoms. The molecule has 0 saturated carbocycles. The summed E-state index contributed by atoms with van der Waals surface area (Å²) >= 11 is 0. The first-order chi connectivity index (χ1) is 18.4. The Morgan fingerprint density at radius 3 is 2.28 bits per heavy atom. The highest BCUT2D eigenvalue weighted by molar-refractivity contribution is 5.92. The fraction of sp³-hybridized carbons (Fsp3) is 0.469. The minimum absolute atomic E-state index is 0.116. The summed E-state index contributed by atoms with van der Waals surface area (Å²) < 4.78 is 5.50. The lowest BCUT2D eigenvalue weighted by Crippen LogP contribution is -2.54. The first kappa shape index (κ1) is 31.6. The normalized spacial score (nSPS) is 12.8. The molecule has 0 aliphatic carbocycles. The van der Waals surface area contributed by atoms with Crippen LogP contribution in [0.5, 0.6) is 0 Å². The van der Waals surface area contributed by atoms with Gasteiger partial charge in [-0.3, -0.25) is 9.59 Å². The molecule has 0 saturated heterocycles. The summed E-state index contributed by atoms with van der Waals surface area (Å²) in [5.41, 5.74) is 1.70. The van der Waals surface area contributed by atoms with Crippen molar-refractivity contribution in [2.45, 2.75) is 91.0 Å². The van der Waals surface area contributed by atoms with Crippen LogP contribution < -0.4 is 10.6 Å². The third kappa shape index (κ3) is 10.6. The van der Waals surface area contributed by atoms with Crippen molar-refractivity contribution in [2.24, 2.45) is 0 Å². The van der Waals surface area contributed by atoms with Gasteiger partial charge in [0.25, 0.3) is 0 Å². The second kappa shape index (κ2) is 15.1. The van der Waals surface area contributed by atoms with Crippen molar-refractivity contribution in [3.63, 3.8) is 0 Å². The average Bonchev–Trinajstić information content (AvgIpc) is 2.86. The highest BCUT2D eigenvalue weighted by Crippen LogP contribution is 2.26. The van der Waals surface area contributed by atoms with E-state index in [1.807, 2.05) is 68.4 Å². The molecule has 7 heteroatoms. The van der Waals surface area contributed by atoms with Gasteiger partial charge in [0.1, 0.15) is 17.7 Å². The number of hydrogen-bond donors (Lipinski definition) is 2. The number of hydrogen-bond acceptors (Lipinski definition) is 4. The lowest BCUT2D eigenvalue weighted by Gasteiger charge is -2.35. The number of nitrogens with zero attached hydrogens (tertiary/aromatic N) is 1. The Morgan fingerprint density at radius 2 is 1.69 bits per heavy atom. The second-order valence-electron chi connectivity index (χ2n) is 11.1. The van der Waals surface area contributed by atoms with Gasteiger partial charge in [0.2, 0.25) is 11.8 Å². The smallest absolute Gasteiger partial charge is 0.408 e. The standard InChI is InChI=1S/C32H45N3O4/c1-8-10-14-20-35(28(29(36)33-23(3)4)26-19-15-18-24(9-2)21-26)30(37)27(22-25-16-12-11-13-17-25)34-31(38)39-32(5,6)7/h9,11-13,15-19,21,23,27-28H,2,8,10,14,20,22H2,1,3-7H3,(H,33,36)(H,34,38). The van der Waals surface area contributed by atoms with Crippen molar-refractivity contribution in [3.05, 3.63) is 77.9 Å². The van der Waals surface area contributed by atoms with E-state index in [1.165, 1.54) is 0 Å². The van der Waals surface area contributed by atoms with E-state index in [1.54, 1.807) is 31.7 Å². The number of amides is 3. The Morgan fingerprint density at radius 1 is 1.00 bits per heavy atom. The maximum atomic E-state index is 14.4. The van der Waals surface area contributed by atoms with Gasteiger partial charge in [-0.05, 0) is 63.8 Å². The van der Waals surface area contributed by atoms with E-state index in [-0.39, 0.29) is 24.3 Å². The highest BCUT2D eigenvalue weighted by atomic mass is 16.6. The van der Waals surface area contributed by atoms with Crippen LogP contribution in [-0.2, 0) is 20.7 Å². The van der Waals surface area contributed by atoms with Gasteiger partial charge in [-0.1, -0.05) is 81.0 Å². The Hall–Kier alpha value is -3.61. The minimum Gasteiger partial charge on any atom is -0.444 e. The van der Waals surface area contributed by atoms with E-state index in [9.17, 15) is 14.4 Å². The fourth-order valence-electron chi connectivity index (χ4n) is 4.29. The van der Waals surface area contributed by atoms with Gasteiger partial charge >= 0.3 is 6.09 Å². The van der Waals surface area contributed by atoms with Crippen molar-refractivity contribution < 1.29 is 19.1 Å². The third-order valence-corrected chi connectivity index (χ3v) is 6.01. The zero-order valence-corrected chi connectivity index (χ0v) is 24.3. The van der Waals surface area contributed by atoms with E-state index in [0.29, 0.717) is 12.1 Å². The second-order valence-corrected chi connectivity index (χ2v) is 11.1. The van der Waals surface area contributed by atoms with Gasteiger partial charge in [0.15, 0.2) is 0 Å². The van der Waals surface area contributed by atoms with Crippen molar-refractivity contribution in [3.8, 4) is 0 Å². The maximum Gasteiger partial charge on any atom is 0.408 e. The molecule has 2 aromatic carbocycles. The third-order valence-electron chi connectivity index (χ3n) is 6.01. The molecule has 2 unspecified atom stereocenters. The predicted molar refractivity (Wildman–Crippen MR) is 157 cm³/mol. The lowest BCUT2D eigenvalue weighted by molar-refractivity contribution is -0.142. The molecule has 2 aromatic rings. The molecule has 0 aliphatic rings. The lowest BCUT2D eigenvalue weighted by atomic mass is 9.98. The molecule has 2 atom stereocenters. The van der Waals surface area contributed by atoms with Crippen LogP contribution in [0.1, 0.15) is 83.5 Å². The van der Waals surface area contributed by atoms with Gasteiger partial charge in [-0.15, -0.1) is 0 Å². The molecule has 2 rings (SSSR count). The summed E-state index contributed by atoms with van der Waals surface area (Å²) in [5.74, 6) is -0.611. The number of unbranched alkanes of at least 4 members (excludes halogenated alkanes) is 2. The predicted octanol–water partition coefficient (Wildman–Crippen LogP) is 6.05. The topological polar surface area (TPSA) is 87.7 Å². The van der Waals surface area contributed by atoms with Gasteiger partial charge in [0, 0.05) is 19.0 Å². The molecule has 0 aromatic heterocycles. The van der Waals surface area contributed by atoms with E-state index >= 15 is 0 Å². The van der Waals surface area contributed by atoms with Crippen LogP contribution in [-0.4, -0.2) is 47.0 Å². The molecule has 7 nitrogen and oxygen atoms in total. The summed E-state index contributed by atoms with van der Waals surface area (Å²) in [7, 11) is 0. The van der Waals surface area contributed by atoms with E-state index in [0.717, 1.165) is 30.4 Å². The number of nitrogens with one attached hydrogen (secondary N) is 2. The number of ether oxygens (including phenoxy) is 1. The summed E-state index contributed by atoms with van der Waals surface area (Å²) in [4.78, 5) is 42.5. The van der Waals surface area contributed by atoms with Crippen molar-refractivity contribution >= 4 is 24.0 Å².